The summed E-state index contributed by atoms with van der Waals surface area (Å²) in [4.78, 5) is 4.50. The molecule has 3 N–H and O–H groups in total. The van der Waals surface area contributed by atoms with E-state index in [-0.39, 0.29) is 0 Å². The number of aryl methyl sites for hydroxylation is 1. The van der Waals surface area contributed by atoms with Gasteiger partial charge in [-0.2, -0.15) is 0 Å². The van der Waals surface area contributed by atoms with Crippen molar-refractivity contribution >= 4 is 22.9 Å². The molecule has 1 aromatic carbocycles. The molecule has 0 aliphatic heterocycles. The Hall–Kier alpha value is -1.94. The molecular formula is C14H15N3S. The lowest BCUT2D eigenvalue weighted by molar-refractivity contribution is 1.13. The molecule has 0 spiro atoms. The first-order valence-corrected chi connectivity index (χ1v) is 6.11. The fourth-order valence-electron chi connectivity index (χ4n) is 1.67. The molecule has 1 heterocycles. The number of anilines is 1. The summed E-state index contributed by atoms with van der Waals surface area (Å²) in [6.45, 7) is 2.86. The van der Waals surface area contributed by atoms with Crippen LogP contribution in [0.15, 0.2) is 42.6 Å². The van der Waals surface area contributed by atoms with Crippen LogP contribution in [0.4, 0.5) is 5.69 Å². The molecule has 2 aromatic rings. The number of nitrogens with two attached hydrogens (primary N) is 1. The van der Waals surface area contributed by atoms with Gasteiger partial charge in [0.2, 0.25) is 0 Å². The molecule has 0 saturated heterocycles. The fraction of sp³-hybridized carbons (Fsp3) is 0.143. The fourth-order valence-corrected chi connectivity index (χ4v) is 1.79. The maximum absolute atomic E-state index is 5.49. The van der Waals surface area contributed by atoms with E-state index >= 15 is 0 Å². The second-order valence-electron chi connectivity index (χ2n) is 4.14. The summed E-state index contributed by atoms with van der Waals surface area (Å²) in [5.74, 6) is 0. The summed E-state index contributed by atoms with van der Waals surface area (Å²) in [7, 11) is 0. The van der Waals surface area contributed by atoms with E-state index in [4.69, 9.17) is 18.0 Å². The van der Waals surface area contributed by atoms with Crippen LogP contribution in [-0.4, -0.2) is 9.97 Å². The molecule has 0 amide bonds. The molecule has 18 heavy (non-hydrogen) atoms. The van der Waals surface area contributed by atoms with Crippen molar-refractivity contribution < 1.29 is 0 Å². The highest BCUT2D eigenvalue weighted by molar-refractivity contribution is 7.80. The Morgan fingerprint density at radius 2 is 2.17 bits per heavy atom. The smallest absolute Gasteiger partial charge is 0.122 e. The van der Waals surface area contributed by atoms with Crippen molar-refractivity contribution in [3.8, 4) is 0 Å². The van der Waals surface area contributed by atoms with E-state index in [1.165, 1.54) is 11.1 Å². The van der Waals surface area contributed by atoms with Gasteiger partial charge in [0.05, 0.1) is 17.6 Å². The Morgan fingerprint density at radius 1 is 1.33 bits per heavy atom. The van der Waals surface area contributed by atoms with Gasteiger partial charge in [-0.1, -0.05) is 42.0 Å². The quantitative estimate of drug-likeness (QED) is 0.827. The minimum absolute atomic E-state index is 0.320. The third kappa shape index (κ3) is 3.28. The summed E-state index contributed by atoms with van der Waals surface area (Å²) < 4.78 is 0. The van der Waals surface area contributed by atoms with Crippen LogP contribution >= 0.6 is 12.2 Å². The SMILES string of the molecule is Cc1cccc(CNc2ccc(C(N)=S)nc2)c1. The van der Waals surface area contributed by atoms with Gasteiger partial charge < -0.3 is 11.1 Å². The van der Waals surface area contributed by atoms with Gasteiger partial charge in [-0.25, -0.2) is 0 Å². The van der Waals surface area contributed by atoms with Crippen LogP contribution in [0, 0.1) is 6.92 Å². The molecule has 0 saturated carbocycles. The lowest BCUT2D eigenvalue weighted by Crippen LogP contribution is -2.11. The van der Waals surface area contributed by atoms with E-state index in [2.05, 4.69) is 41.5 Å². The Bertz CT molecular complexity index is 549. The van der Waals surface area contributed by atoms with Crippen LogP contribution in [0.2, 0.25) is 0 Å². The normalized spacial score (nSPS) is 10.1. The van der Waals surface area contributed by atoms with E-state index in [1.54, 1.807) is 6.20 Å². The average Bonchev–Trinajstić information content (AvgIpc) is 2.37. The lowest BCUT2D eigenvalue weighted by Gasteiger charge is -2.07. The van der Waals surface area contributed by atoms with Gasteiger partial charge in [0, 0.05) is 6.54 Å². The number of aromatic nitrogens is 1. The minimum atomic E-state index is 0.320. The Labute approximate surface area is 112 Å². The number of benzene rings is 1. The van der Waals surface area contributed by atoms with Crippen molar-refractivity contribution in [2.45, 2.75) is 13.5 Å². The maximum Gasteiger partial charge on any atom is 0.122 e. The zero-order chi connectivity index (χ0) is 13.0. The monoisotopic (exact) mass is 257 g/mol. The van der Waals surface area contributed by atoms with Crippen LogP contribution in [-0.2, 0) is 6.54 Å². The minimum Gasteiger partial charge on any atom is -0.388 e. The van der Waals surface area contributed by atoms with Crippen molar-refractivity contribution in [3.05, 3.63) is 59.4 Å². The van der Waals surface area contributed by atoms with Crippen molar-refractivity contribution in [1.29, 1.82) is 0 Å². The predicted octanol–water partition coefficient (Wildman–Crippen LogP) is 2.64. The van der Waals surface area contributed by atoms with Crippen molar-refractivity contribution in [2.75, 3.05) is 5.32 Å². The first kappa shape index (κ1) is 12.5. The maximum atomic E-state index is 5.49. The summed E-state index contributed by atoms with van der Waals surface area (Å²) >= 11 is 4.86. The topological polar surface area (TPSA) is 50.9 Å². The van der Waals surface area contributed by atoms with Crippen LogP contribution in [0.1, 0.15) is 16.8 Å². The average molecular weight is 257 g/mol. The molecule has 1 aromatic heterocycles. The van der Waals surface area contributed by atoms with E-state index in [9.17, 15) is 0 Å². The lowest BCUT2D eigenvalue weighted by atomic mass is 10.1. The number of nitrogens with one attached hydrogen (secondary N) is 1. The molecule has 3 nitrogen and oxygen atoms in total. The predicted molar refractivity (Wildman–Crippen MR) is 78.6 cm³/mol. The number of hydrogen-bond donors (Lipinski definition) is 2. The van der Waals surface area contributed by atoms with Crippen LogP contribution in [0.5, 0.6) is 0 Å². The summed E-state index contributed by atoms with van der Waals surface area (Å²) in [5.41, 5.74) is 9.60. The van der Waals surface area contributed by atoms with E-state index < -0.39 is 0 Å². The third-order valence-electron chi connectivity index (χ3n) is 2.60. The summed E-state index contributed by atoms with van der Waals surface area (Å²) in [6.07, 6.45) is 1.74. The number of pyridine rings is 1. The summed E-state index contributed by atoms with van der Waals surface area (Å²) in [5, 5.41) is 3.31. The van der Waals surface area contributed by atoms with Crippen molar-refractivity contribution in [1.82, 2.24) is 4.98 Å². The van der Waals surface area contributed by atoms with Gasteiger partial charge in [-0.05, 0) is 24.6 Å². The molecule has 2 rings (SSSR count). The highest BCUT2D eigenvalue weighted by Crippen LogP contribution is 2.10. The zero-order valence-electron chi connectivity index (χ0n) is 10.2. The van der Waals surface area contributed by atoms with Gasteiger partial charge in [0.25, 0.3) is 0 Å². The van der Waals surface area contributed by atoms with Gasteiger partial charge in [-0.3, -0.25) is 4.98 Å². The zero-order valence-corrected chi connectivity index (χ0v) is 11.0. The number of hydrogen-bond acceptors (Lipinski definition) is 3. The van der Waals surface area contributed by atoms with Gasteiger partial charge in [-0.15, -0.1) is 0 Å². The van der Waals surface area contributed by atoms with E-state index in [0.29, 0.717) is 10.7 Å². The van der Waals surface area contributed by atoms with Gasteiger partial charge in [0.15, 0.2) is 0 Å². The van der Waals surface area contributed by atoms with Crippen LogP contribution < -0.4 is 11.1 Å². The number of thiocarbonyl (C=S) groups is 1. The van der Waals surface area contributed by atoms with E-state index in [0.717, 1.165) is 12.2 Å². The molecule has 0 unspecified atom stereocenters. The second kappa shape index (κ2) is 5.60. The molecule has 0 atom stereocenters. The molecule has 0 aliphatic carbocycles. The number of rotatable bonds is 4. The first-order valence-electron chi connectivity index (χ1n) is 5.70. The first-order chi connectivity index (χ1) is 8.65. The Kier molecular flexibility index (Phi) is 3.89. The molecule has 0 radical (unpaired) electrons. The molecule has 0 fully saturated rings. The van der Waals surface area contributed by atoms with Crippen molar-refractivity contribution in [3.63, 3.8) is 0 Å². The Morgan fingerprint density at radius 3 is 2.78 bits per heavy atom. The van der Waals surface area contributed by atoms with Gasteiger partial charge >= 0.3 is 0 Å². The third-order valence-corrected chi connectivity index (χ3v) is 2.80. The van der Waals surface area contributed by atoms with Gasteiger partial charge in [0.1, 0.15) is 4.99 Å². The highest BCUT2D eigenvalue weighted by atomic mass is 32.1. The Balaban J connectivity index is 2.00. The molecule has 0 aliphatic rings. The van der Waals surface area contributed by atoms with Crippen molar-refractivity contribution in [2.24, 2.45) is 5.73 Å². The molecule has 0 bridgehead atoms. The standard InChI is InChI=1S/C14H15N3S/c1-10-3-2-4-11(7-10)8-16-12-5-6-13(14(15)18)17-9-12/h2-7,9,16H,8H2,1H3,(H2,15,18). The second-order valence-corrected chi connectivity index (χ2v) is 4.58. The number of nitrogens with zero attached hydrogens (tertiary/aromatic N) is 1. The molecule has 4 heteroatoms. The van der Waals surface area contributed by atoms with Crippen LogP contribution in [0.3, 0.4) is 0 Å². The highest BCUT2D eigenvalue weighted by Gasteiger charge is 1.98. The molecular weight excluding hydrogens is 242 g/mol. The molecule has 92 valence electrons. The van der Waals surface area contributed by atoms with E-state index in [1.807, 2.05) is 12.1 Å². The van der Waals surface area contributed by atoms with Crippen LogP contribution in [0.25, 0.3) is 0 Å². The summed E-state index contributed by atoms with van der Waals surface area (Å²) in [6, 6.07) is 12.1. The largest absolute Gasteiger partial charge is 0.388 e.